The van der Waals surface area contributed by atoms with Crippen molar-refractivity contribution in [3.63, 3.8) is 0 Å². The van der Waals surface area contributed by atoms with E-state index in [0.29, 0.717) is 9.97 Å². The van der Waals surface area contributed by atoms with Gasteiger partial charge in [0, 0.05) is 12.1 Å². The van der Waals surface area contributed by atoms with Gasteiger partial charge in [-0.25, -0.2) is 13.1 Å². The molecule has 5 nitrogen and oxygen atoms in total. The minimum absolute atomic E-state index is 0.0607. The normalized spacial score (nSPS) is 17.5. The van der Waals surface area contributed by atoms with Gasteiger partial charge in [-0.2, -0.15) is 0 Å². The second-order valence-corrected chi connectivity index (χ2v) is 8.79. The van der Waals surface area contributed by atoms with Crippen molar-refractivity contribution in [3.05, 3.63) is 23.9 Å². The third-order valence-corrected chi connectivity index (χ3v) is 7.01. The lowest BCUT2D eigenvalue weighted by molar-refractivity contribution is 0.428. The zero-order chi connectivity index (χ0) is 15.6. The summed E-state index contributed by atoms with van der Waals surface area (Å²) < 4.78 is 33.4. The highest BCUT2D eigenvalue weighted by molar-refractivity contribution is 7.91. The molecular weight excluding hydrogens is 320 g/mol. The number of nitrogens with one attached hydrogen (secondary N) is 1. The molecule has 120 valence electrons. The number of hydrogen-bond donors (Lipinski definition) is 1. The molecule has 1 fully saturated rings. The monoisotopic (exact) mass is 340 g/mol. The Balaban J connectivity index is 1.76. The van der Waals surface area contributed by atoms with Crippen molar-refractivity contribution in [1.82, 2.24) is 9.88 Å². The van der Waals surface area contributed by atoms with Crippen LogP contribution in [0.3, 0.4) is 0 Å². The highest BCUT2D eigenvalue weighted by atomic mass is 32.2. The minimum Gasteiger partial charge on any atom is -0.355 e. The molecule has 0 unspecified atom stereocenters. The second kappa shape index (κ2) is 6.52. The van der Waals surface area contributed by atoms with Gasteiger partial charge in [-0.1, -0.05) is 30.8 Å². The van der Waals surface area contributed by atoms with Crippen molar-refractivity contribution in [1.29, 1.82) is 0 Å². The molecule has 1 aliphatic rings. The van der Waals surface area contributed by atoms with Crippen LogP contribution in [0.4, 0.5) is 0 Å². The van der Waals surface area contributed by atoms with E-state index in [0.717, 1.165) is 36.3 Å². The second-order valence-electron chi connectivity index (χ2n) is 5.76. The summed E-state index contributed by atoms with van der Waals surface area (Å²) in [5, 5.41) is 3.84. The first-order valence-corrected chi connectivity index (χ1v) is 9.90. The Labute approximate surface area is 134 Å². The van der Waals surface area contributed by atoms with Crippen molar-refractivity contribution < 1.29 is 12.9 Å². The predicted molar refractivity (Wildman–Crippen MR) is 86.4 cm³/mol. The number of nitrogens with zero attached hydrogens (tertiary/aromatic N) is 1. The lowest BCUT2D eigenvalue weighted by Crippen LogP contribution is -2.33. The first-order valence-electron chi connectivity index (χ1n) is 7.60. The van der Waals surface area contributed by atoms with E-state index >= 15 is 0 Å². The Morgan fingerprint density at radius 3 is 2.59 bits per heavy atom. The van der Waals surface area contributed by atoms with Crippen molar-refractivity contribution >= 4 is 21.4 Å². The summed E-state index contributed by atoms with van der Waals surface area (Å²) >= 11 is 1.22. The molecule has 2 aromatic rings. The molecule has 1 aliphatic carbocycles. The number of sulfonamides is 1. The first-order chi connectivity index (χ1) is 10.5. The van der Waals surface area contributed by atoms with Gasteiger partial charge in [0.1, 0.15) is 4.21 Å². The average Bonchev–Trinajstić information content (AvgIpc) is 3.04. The summed E-state index contributed by atoms with van der Waals surface area (Å²) in [6, 6.07) is 5.27. The molecule has 0 aromatic carbocycles. The maximum absolute atomic E-state index is 12.5. The van der Waals surface area contributed by atoms with Crippen LogP contribution in [-0.4, -0.2) is 19.6 Å². The van der Waals surface area contributed by atoms with Crippen LogP contribution in [0.1, 0.15) is 44.2 Å². The summed E-state index contributed by atoms with van der Waals surface area (Å²) in [5.74, 6) is 0.610. The summed E-state index contributed by atoms with van der Waals surface area (Å²) in [6.45, 7) is 1.84. The quantitative estimate of drug-likeness (QED) is 0.861. The van der Waals surface area contributed by atoms with Crippen molar-refractivity contribution in [2.45, 2.75) is 55.7 Å². The maximum Gasteiger partial charge on any atom is 0.250 e. The van der Waals surface area contributed by atoms with E-state index in [4.69, 9.17) is 4.52 Å². The summed E-state index contributed by atoms with van der Waals surface area (Å²) in [5.41, 5.74) is 0.782. The summed E-state index contributed by atoms with van der Waals surface area (Å²) in [6.07, 6.45) is 6.45. The molecule has 0 saturated heterocycles. The molecule has 3 rings (SSSR count). The molecule has 22 heavy (non-hydrogen) atoms. The Bertz CT molecular complexity index is 726. The zero-order valence-corrected chi connectivity index (χ0v) is 14.2. The van der Waals surface area contributed by atoms with Crippen LogP contribution in [-0.2, 0) is 10.0 Å². The van der Waals surface area contributed by atoms with E-state index in [2.05, 4.69) is 9.88 Å². The highest BCUT2D eigenvalue weighted by Crippen LogP contribution is 2.31. The Morgan fingerprint density at radius 1 is 1.23 bits per heavy atom. The van der Waals surface area contributed by atoms with Crippen molar-refractivity contribution in [2.75, 3.05) is 0 Å². The van der Waals surface area contributed by atoms with E-state index in [9.17, 15) is 8.42 Å². The van der Waals surface area contributed by atoms with E-state index in [-0.39, 0.29) is 6.04 Å². The van der Waals surface area contributed by atoms with Gasteiger partial charge in [0.15, 0.2) is 5.76 Å². The molecule has 2 aromatic heterocycles. The fraction of sp³-hybridized carbons (Fsp3) is 0.533. The van der Waals surface area contributed by atoms with E-state index < -0.39 is 10.0 Å². The Hall–Kier alpha value is -1.18. The van der Waals surface area contributed by atoms with Gasteiger partial charge in [0.25, 0.3) is 0 Å². The number of thiophene rings is 1. The fourth-order valence-corrected chi connectivity index (χ4v) is 5.33. The van der Waals surface area contributed by atoms with Crippen molar-refractivity contribution in [3.8, 4) is 10.6 Å². The topological polar surface area (TPSA) is 72.2 Å². The molecule has 0 aliphatic heterocycles. The number of aryl methyl sites for hydroxylation is 1. The molecule has 1 N–H and O–H groups in total. The van der Waals surface area contributed by atoms with Crippen LogP contribution in [0.15, 0.2) is 26.9 Å². The van der Waals surface area contributed by atoms with Crippen LogP contribution in [0, 0.1) is 6.92 Å². The van der Waals surface area contributed by atoms with Gasteiger partial charge in [-0.3, -0.25) is 0 Å². The third kappa shape index (κ3) is 3.59. The smallest absolute Gasteiger partial charge is 0.250 e. The van der Waals surface area contributed by atoms with E-state index in [1.807, 2.05) is 6.92 Å². The molecule has 0 amide bonds. The lowest BCUT2D eigenvalue weighted by atomic mass is 10.1. The van der Waals surface area contributed by atoms with Gasteiger partial charge >= 0.3 is 0 Å². The molecule has 0 spiro atoms. The Kier molecular flexibility index (Phi) is 4.65. The lowest BCUT2D eigenvalue weighted by Gasteiger charge is -2.15. The highest BCUT2D eigenvalue weighted by Gasteiger charge is 2.23. The molecule has 7 heteroatoms. The first kappa shape index (κ1) is 15.7. The Morgan fingerprint density at radius 2 is 1.95 bits per heavy atom. The van der Waals surface area contributed by atoms with Gasteiger partial charge in [0.2, 0.25) is 10.0 Å². The molecule has 1 saturated carbocycles. The molecule has 0 atom stereocenters. The van der Waals surface area contributed by atoms with E-state index in [1.54, 1.807) is 18.2 Å². The van der Waals surface area contributed by atoms with Gasteiger partial charge in [-0.15, -0.1) is 11.3 Å². The van der Waals surface area contributed by atoms with Gasteiger partial charge in [-0.05, 0) is 31.9 Å². The van der Waals surface area contributed by atoms with Gasteiger partial charge < -0.3 is 4.52 Å². The van der Waals surface area contributed by atoms with E-state index in [1.165, 1.54) is 24.2 Å². The molecular formula is C15H20N2O3S2. The summed E-state index contributed by atoms with van der Waals surface area (Å²) in [7, 11) is -3.45. The molecule has 2 heterocycles. The number of aromatic nitrogens is 1. The molecule has 0 radical (unpaired) electrons. The van der Waals surface area contributed by atoms with Gasteiger partial charge in [0.05, 0.1) is 10.6 Å². The third-order valence-electron chi connectivity index (χ3n) is 3.89. The fourth-order valence-electron chi connectivity index (χ4n) is 2.75. The van der Waals surface area contributed by atoms with Crippen LogP contribution in [0.2, 0.25) is 0 Å². The summed E-state index contributed by atoms with van der Waals surface area (Å²) in [4.78, 5) is 0.779. The van der Waals surface area contributed by atoms with Crippen LogP contribution in [0.5, 0.6) is 0 Å². The average molecular weight is 340 g/mol. The minimum atomic E-state index is -3.45. The van der Waals surface area contributed by atoms with Crippen LogP contribution in [0.25, 0.3) is 10.6 Å². The van der Waals surface area contributed by atoms with Crippen molar-refractivity contribution in [2.24, 2.45) is 0 Å². The number of rotatable bonds is 4. The van der Waals surface area contributed by atoms with Crippen LogP contribution >= 0.6 is 11.3 Å². The standard InChI is InChI=1S/C15H20N2O3S2/c1-11-10-13(20-16-11)14-8-9-15(21-14)22(18,19)17-12-6-4-2-3-5-7-12/h8-10,12,17H,2-7H2,1H3. The SMILES string of the molecule is Cc1cc(-c2ccc(S(=O)(=O)NC3CCCCCC3)s2)on1. The number of hydrogen-bond acceptors (Lipinski definition) is 5. The largest absolute Gasteiger partial charge is 0.355 e. The van der Waals surface area contributed by atoms with Crippen LogP contribution < -0.4 is 4.72 Å². The zero-order valence-electron chi connectivity index (χ0n) is 12.5. The molecule has 0 bridgehead atoms. The maximum atomic E-state index is 12.5. The predicted octanol–water partition coefficient (Wildman–Crippen LogP) is 3.71.